The van der Waals surface area contributed by atoms with Gasteiger partial charge in [-0.25, -0.2) is 4.98 Å². The average Bonchev–Trinajstić information content (AvgIpc) is 2.72. The lowest BCUT2D eigenvalue weighted by Gasteiger charge is -2.11. The maximum atomic E-state index is 5.76. The smallest absolute Gasteiger partial charge is 0.121 e. The molecular weight excluding hydrogens is 226 g/mol. The quantitative estimate of drug-likeness (QED) is 0.880. The number of benzene rings is 1. The number of fused-ring (bicyclic) bond motifs is 1. The molecule has 0 saturated heterocycles. The minimum Gasteiger partial charge on any atom is -0.497 e. The summed E-state index contributed by atoms with van der Waals surface area (Å²) in [6.07, 6.45) is 2.02. The largest absolute Gasteiger partial charge is 0.497 e. The normalized spacial score (nSPS) is 12.9. The first-order chi connectivity index (χ1) is 8.69. The Morgan fingerprint density at radius 1 is 1.44 bits per heavy atom. The summed E-state index contributed by atoms with van der Waals surface area (Å²) < 4.78 is 7.37. The third-order valence-corrected chi connectivity index (χ3v) is 3.56. The van der Waals surface area contributed by atoms with E-state index in [1.165, 1.54) is 0 Å². The second-order valence-electron chi connectivity index (χ2n) is 4.66. The molecule has 0 saturated carbocycles. The van der Waals surface area contributed by atoms with E-state index in [2.05, 4.69) is 23.5 Å². The molecule has 18 heavy (non-hydrogen) atoms. The van der Waals surface area contributed by atoms with Gasteiger partial charge in [0.15, 0.2) is 0 Å². The van der Waals surface area contributed by atoms with E-state index in [-0.39, 0.29) is 0 Å². The standard InChI is InChI=1S/C14H21N3O/c1-4-10(9-15)7-14-16-12-8-11(18-3)5-6-13(12)17(14)2/h5-6,8,10H,4,7,9,15H2,1-3H3. The molecule has 0 fully saturated rings. The van der Waals surface area contributed by atoms with Crippen molar-refractivity contribution < 1.29 is 4.74 Å². The number of imidazole rings is 1. The molecule has 4 nitrogen and oxygen atoms in total. The highest BCUT2D eigenvalue weighted by molar-refractivity contribution is 5.77. The topological polar surface area (TPSA) is 53.1 Å². The maximum Gasteiger partial charge on any atom is 0.121 e. The van der Waals surface area contributed by atoms with E-state index in [0.29, 0.717) is 12.5 Å². The lowest BCUT2D eigenvalue weighted by atomic mass is 10.0. The molecule has 1 heterocycles. The van der Waals surface area contributed by atoms with E-state index in [0.717, 1.165) is 35.4 Å². The van der Waals surface area contributed by atoms with Crippen molar-refractivity contribution >= 4 is 11.0 Å². The Morgan fingerprint density at radius 3 is 2.83 bits per heavy atom. The number of methoxy groups -OCH3 is 1. The number of aryl methyl sites for hydroxylation is 1. The number of nitrogens with zero attached hydrogens (tertiary/aromatic N) is 2. The van der Waals surface area contributed by atoms with Gasteiger partial charge in [0.05, 0.1) is 18.1 Å². The van der Waals surface area contributed by atoms with E-state index >= 15 is 0 Å². The molecule has 2 aromatic rings. The van der Waals surface area contributed by atoms with Crippen LogP contribution < -0.4 is 10.5 Å². The molecule has 98 valence electrons. The zero-order valence-corrected chi connectivity index (χ0v) is 11.3. The van der Waals surface area contributed by atoms with Crippen molar-refractivity contribution in [1.82, 2.24) is 9.55 Å². The molecular formula is C14H21N3O. The van der Waals surface area contributed by atoms with Crippen molar-refractivity contribution in [2.24, 2.45) is 18.7 Å². The van der Waals surface area contributed by atoms with Crippen LogP contribution in [0.3, 0.4) is 0 Å². The fourth-order valence-electron chi connectivity index (χ4n) is 2.19. The van der Waals surface area contributed by atoms with Crippen LogP contribution in [0.5, 0.6) is 5.75 Å². The molecule has 0 radical (unpaired) electrons. The number of ether oxygens (including phenoxy) is 1. The van der Waals surface area contributed by atoms with Crippen LogP contribution in [0, 0.1) is 5.92 Å². The van der Waals surface area contributed by atoms with Crippen LogP contribution in [0.2, 0.25) is 0 Å². The first kappa shape index (κ1) is 12.9. The first-order valence-corrected chi connectivity index (χ1v) is 6.39. The van der Waals surface area contributed by atoms with Crippen LogP contribution in [0.15, 0.2) is 18.2 Å². The van der Waals surface area contributed by atoms with Gasteiger partial charge >= 0.3 is 0 Å². The summed E-state index contributed by atoms with van der Waals surface area (Å²) in [7, 11) is 3.73. The van der Waals surface area contributed by atoms with E-state index in [9.17, 15) is 0 Å². The number of hydrogen-bond donors (Lipinski definition) is 1. The van der Waals surface area contributed by atoms with Gasteiger partial charge in [-0.1, -0.05) is 13.3 Å². The molecule has 1 unspecified atom stereocenters. The van der Waals surface area contributed by atoms with Crippen LogP contribution in [-0.2, 0) is 13.5 Å². The molecule has 2 N–H and O–H groups in total. The van der Waals surface area contributed by atoms with Crippen LogP contribution in [-0.4, -0.2) is 23.2 Å². The van der Waals surface area contributed by atoms with E-state index in [1.54, 1.807) is 7.11 Å². The zero-order chi connectivity index (χ0) is 13.1. The average molecular weight is 247 g/mol. The van der Waals surface area contributed by atoms with Crippen molar-refractivity contribution in [3.63, 3.8) is 0 Å². The molecule has 1 aromatic carbocycles. The highest BCUT2D eigenvalue weighted by atomic mass is 16.5. The number of rotatable bonds is 5. The second-order valence-corrected chi connectivity index (χ2v) is 4.66. The van der Waals surface area contributed by atoms with Gasteiger partial charge in [-0.15, -0.1) is 0 Å². The summed E-state index contributed by atoms with van der Waals surface area (Å²) in [5, 5.41) is 0. The molecule has 1 aromatic heterocycles. The fourth-order valence-corrected chi connectivity index (χ4v) is 2.19. The van der Waals surface area contributed by atoms with Crippen LogP contribution in [0.4, 0.5) is 0 Å². The molecule has 0 spiro atoms. The summed E-state index contributed by atoms with van der Waals surface area (Å²) in [5.41, 5.74) is 7.89. The number of aromatic nitrogens is 2. The van der Waals surface area contributed by atoms with Gasteiger partial charge in [0.25, 0.3) is 0 Å². The molecule has 1 atom stereocenters. The SMILES string of the molecule is CCC(CN)Cc1nc2cc(OC)ccc2n1C. The lowest BCUT2D eigenvalue weighted by Crippen LogP contribution is -2.17. The zero-order valence-electron chi connectivity index (χ0n) is 11.3. The molecule has 0 bridgehead atoms. The van der Waals surface area contributed by atoms with Gasteiger partial charge in [-0.3, -0.25) is 0 Å². The van der Waals surface area contributed by atoms with Crippen molar-refractivity contribution in [2.45, 2.75) is 19.8 Å². The Bertz CT molecular complexity index is 529. The first-order valence-electron chi connectivity index (χ1n) is 6.39. The second kappa shape index (κ2) is 5.40. The summed E-state index contributed by atoms with van der Waals surface area (Å²) in [4.78, 5) is 4.68. The monoisotopic (exact) mass is 247 g/mol. The molecule has 0 amide bonds. The molecule has 0 aliphatic heterocycles. The maximum absolute atomic E-state index is 5.76. The third-order valence-electron chi connectivity index (χ3n) is 3.56. The predicted molar refractivity (Wildman–Crippen MR) is 73.8 cm³/mol. The minimum atomic E-state index is 0.502. The highest BCUT2D eigenvalue weighted by Crippen LogP contribution is 2.22. The molecule has 0 aliphatic carbocycles. The van der Waals surface area contributed by atoms with Crippen LogP contribution in [0.1, 0.15) is 19.2 Å². The Kier molecular flexibility index (Phi) is 3.87. The Hall–Kier alpha value is -1.55. The minimum absolute atomic E-state index is 0.502. The number of hydrogen-bond acceptors (Lipinski definition) is 3. The fraction of sp³-hybridized carbons (Fsp3) is 0.500. The number of nitrogens with two attached hydrogens (primary N) is 1. The van der Waals surface area contributed by atoms with Crippen molar-refractivity contribution in [2.75, 3.05) is 13.7 Å². The third kappa shape index (κ3) is 2.34. The molecule has 4 heteroatoms. The lowest BCUT2D eigenvalue weighted by molar-refractivity contribution is 0.415. The predicted octanol–water partition coefficient (Wildman–Crippen LogP) is 2.11. The van der Waals surface area contributed by atoms with Crippen molar-refractivity contribution in [3.05, 3.63) is 24.0 Å². The summed E-state index contributed by atoms with van der Waals surface area (Å²) in [5.74, 6) is 2.44. The van der Waals surface area contributed by atoms with Crippen LogP contribution in [0.25, 0.3) is 11.0 Å². The summed E-state index contributed by atoms with van der Waals surface area (Å²) >= 11 is 0. The summed E-state index contributed by atoms with van der Waals surface area (Å²) in [6.45, 7) is 2.88. The Labute approximate surface area is 108 Å². The molecule has 2 rings (SSSR count). The van der Waals surface area contributed by atoms with Gasteiger partial charge in [0.1, 0.15) is 11.6 Å². The van der Waals surface area contributed by atoms with Crippen molar-refractivity contribution in [1.29, 1.82) is 0 Å². The van der Waals surface area contributed by atoms with E-state index in [1.807, 2.05) is 18.2 Å². The van der Waals surface area contributed by atoms with Gasteiger partial charge in [0, 0.05) is 19.5 Å². The Balaban J connectivity index is 2.37. The van der Waals surface area contributed by atoms with E-state index < -0.39 is 0 Å². The Morgan fingerprint density at radius 2 is 2.22 bits per heavy atom. The van der Waals surface area contributed by atoms with Gasteiger partial charge < -0.3 is 15.0 Å². The highest BCUT2D eigenvalue weighted by Gasteiger charge is 2.12. The summed E-state index contributed by atoms with van der Waals surface area (Å²) in [6, 6.07) is 5.99. The van der Waals surface area contributed by atoms with Crippen LogP contribution >= 0.6 is 0 Å². The molecule has 0 aliphatic rings. The van der Waals surface area contributed by atoms with E-state index in [4.69, 9.17) is 10.5 Å². The van der Waals surface area contributed by atoms with Gasteiger partial charge in [-0.2, -0.15) is 0 Å². The van der Waals surface area contributed by atoms with Crippen molar-refractivity contribution in [3.8, 4) is 5.75 Å². The van der Waals surface area contributed by atoms with Gasteiger partial charge in [-0.05, 0) is 24.6 Å². The van der Waals surface area contributed by atoms with Gasteiger partial charge in [0.2, 0.25) is 0 Å².